The van der Waals surface area contributed by atoms with Gasteiger partial charge >= 0.3 is 6.01 Å². The number of hydrogen-bond donors (Lipinski definition) is 1. The van der Waals surface area contributed by atoms with Gasteiger partial charge in [0.25, 0.3) is 5.91 Å². The summed E-state index contributed by atoms with van der Waals surface area (Å²) in [5.41, 5.74) is 3.16. The van der Waals surface area contributed by atoms with Crippen molar-refractivity contribution in [2.75, 3.05) is 44.7 Å². The summed E-state index contributed by atoms with van der Waals surface area (Å²) in [6.45, 7) is 3.79. The van der Waals surface area contributed by atoms with Crippen LogP contribution in [0.4, 0.5) is 14.6 Å². The van der Waals surface area contributed by atoms with E-state index in [1.54, 1.807) is 36.5 Å². The Labute approximate surface area is 281 Å². The Bertz CT molecular complexity index is 2100. The highest BCUT2D eigenvalue weighted by Crippen LogP contribution is 2.38. The molecule has 1 N–H and O–H groups in total. The molecule has 2 saturated heterocycles. The minimum atomic E-state index is -0.965. The third-order valence-electron chi connectivity index (χ3n) is 9.48. The predicted molar refractivity (Wildman–Crippen MR) is 182 cm³/mol. The number of amides is 1. The first-order chi connectivity index (χ1) is 23.8. The number of hydrogen-bond acceptors (Lipinski definition) is 9. The number of carbonyl (C=O) groups excluding carboxylic acids is 1. The minimum Gasteiger partial charge on any atom is -0.462 e. The molecule has 2 aliphatic rings. The van der Waals surface area contributed by atoms with Gasteiger partial charge in [-0.3, -0.25) is 14.9 Å². The van der Waals surface area contributed by atoms with Gasteiger partial charge in [-0.2, -0.15) is 20.3 Å². The molecule has 0 saturated carbocycles. The highest BCUT2D eigenvalue weighted by Gasteiger charge is 2.34. The number of aryl methyl sites for hydroxylation is 1. The van der Waals surface area contributed by atoms with Crippen LogP contribution >= 0.6 is 0 Å². The van der Waals surface area contributed by atoms with Crippen LogP contribution in [0, 0.1) is 24.1 Å². The molecule has 2 fully saturated rings. The molecule has 5 heterocycles. The summed E-state index contributed by atoms with van der Waals surface area (Å²) in [4.78, 5) is 32.2. The van der Waals surface area contributed by atoms with Gasteiger partial charge in [-0.25, -0.2) is 8.78 Å². The quantitative estimate of drug-likeness (QED) is 0.216. The molecule has 0 bridgehead atoms. The van der Waals surface area contributed by atoms with Crippen molar-refractivity contribution in [2.24, 2.45) is 0 Å². The monoisotopic (exact) mass is 663 g/mol. The summed E-state index contributed by atoms with van der Waals surface area (Å²) < 4.78 is 38.1. The molecule has 3 aromatic heterocycles. The molecule has 2 unspecified atom stereocenters. The molecule has 2 atom stereocenters. The number of nitriles is 1. The number of H-pyrrole nitrogens is 1. The molecular formula is C36H35F2N9O2. The Morgan fingerprint density at radius 3 is 2.78 bits per heavy atom. The van der Waals surface area contributed by atoms with Crippen LogP contribution in [0.1, 0.15) is 30.5 Å². The van der Waals surface area contributed by atoms with Gasteiger partial charge < -0.3 is 19.4 Å². The number of aromatic amines is 1. The molecule has 11 nitrogen and oxygen atoms in total. The number of anilines is 1. The van der Waals surface area contributed by atoms with E-state index < -0.39 is 23.6 Å². The van der Waals surface area contributed by atoms with Crippen LogP contribution in [-0.4, -0.2) is 92.8 Å². The van der Waals surface area contributed by atoms with Crippen LogP contribution in [0.25, 0.3) is 39.0 Å². The van der Waals surface area contributed by atoms with Crippen molar-refractivity contribution in [3.63, 3.8) is 0 Å². The highest BCUT2D eigenvalue weighted by atomic mass is 19.1. The molecule has 49 heavy (non-hydrogen) atoms. The van der Waals surface area contributed by atoms with E-state index in [4.69, 9.17) is 9.72 Å². The SMILES string of the molecule is Cc1ccc2[nH]ncc2c1-c1ccc2c(N3CCN(C(=O)/C(F)=C/c4ccccn4)C(CC#N)C3)nc(OCC3CCCN3C)nc2c1F. The Hall–Kier alpha value is -5.48. The number of nitrogens with zero attached hydrogens (tertiary/aromatic N) is 8. The van der Waals surface area contributed by atoms with Gasteiger partial charge in [0.05, 0.1) is 35.9 Å². The Balaban J connectivity index is 1.26. The average molecular weight is 664 g/mol. The van der Waals surface area contributed by atoms with E-state index in [0.29, 0.717) is 34.6 Å². The third kappa shape index (κ3) is 6.27. The average Bonchev–Trinajstić information content (AvgIpc) is 3.76. The fourth-order valence-electron chi connectivity index (χ4n) is 6.85. The lowest BCUT2D eigenvalue weighted by molar-refractivity contribution is -0.131. The number of halogens is 2. The second-order valence-electron chi connectivity index (χ2n) is 12.5. The van der Waals surface area contributed by atoms with E-state index in [9.17, 15) is 10.1 Å². The van der Waals surface area contributed by atoms with Crippen molar-refractivity contribution in [3.05, 3.63) is 77.8 Å². The van der Waals surface area contributed by atoms with Crippen LogP contribution in [0.5, 0.6) is 6.01 Å². The van der Waals surface area contributed by atoms with Crippen LogP contribution < -0.4 is 9.64 Å². The first-order valence-electron chi connectivity index (χ1n) is 16.3. The molecular weight excluding hydrogens is 628 g/mol. The van der Waals surface area contributed by atoms with Gasteiger partial charge in [0.2, 0.25) is 0 Å². The number of likely N-dealkylation sites (tertiary alicyclic amines) is 1. The number of rotatable bonds is 8. The van der Waals surface area contributed by atoms with E-state index >= 15 is 8.78 Å². The van der Waals surface area contributed by atoms with Gasteiger partial charge in [-0.05, 0) is 68.8 Å². The number of pyridine rings is 1. The maximum atomic E-state index is 16.8. The van der Waals surface area contributed by atoms with E-state index in [0.717, 1.165) is 41.9 Å². The van der Waals surface area contributed by atoms with Gasteiger partial charge in [-0.15, -0.1) is 0 Å². The Morgan fingerprint density at radius 1 is 1.12 bits per heavy atom. The largest absolute Gasteiger partial charge is 0.462 e. The van der Waals surface area contributed by atoms with E-state index in [-0.39, 0.29) is 43.6 Å². The zero-order valence-corrected chi connectivity index (χ0v) is 27.2. The minimum absolute atomic E-state index is 0.0357. The van der Waals surface area contributed by atoms with E-state index in [1.165, 1.54) is 11.1 Å². The first kappa shape index (κ1) is 32.1. The van der Waals surface area contributed by atoms with Crippen LogP contribution in [0.2, 0.25) is 0 Å². The highest BCUT2D eigenvalue weighted by molar-refractivity contribution is 6.00. The van der Waals surface area contributed by atoms with Gasteiger partial charge in [-0.1, -0.05) is 18.2 Å². The fraction of sp³-hybridized carbons (Fsp3) is 0.333. The summed E-state index contributed by atoms with van der Waals surface area (Å²) in [5.74, 6) is -1.89. The molecule has 0 radical (unpaired) electrons. The summed E-state index contributed by atoms with van der Waals surface area (Å²) in [7, 11) is 2.04. The maximum absolute atomic E-state index is 16.8. The number of nitrogens with one attached hydrogen (secondary N) is 1. The van der Waals surface area contributed by atoms with Crippen molar-refractivity contribution < 1.29 is 18.3 Å². The third-order valence-corrected chi connectivity index (χ3v) is 9.48. The van der Waals surface area contributed by atoms with Crippen molar-refractivity contribution in [1.29, 1.82) is 5.26 Å². The number of carbonyl (C=O) groups is 1. The zero-order valence-electron chi connectivity index (χ0n) is 27.2. The number of likely N-dealkylation sites (N-methyl/N-ethyl adjacent to an activating group) is 1. The lowest BCUT2D eigenvalue weighted by atomic mass is 9.95. The molecule has 2 aliphatic heterocycles. The molecule has 5 aromatic rings. The fourth-order valence-corrected chi connectivity index (χ4v) is 6.85. The second kappa shape index (κ2) is 13.6. The molecule has 13 heteroatoms. The lowest BCUT2D eigenvalue weighted by Gasteiger charge is -2.41. The zero-order chi connectivity index (χ0) is 34.1. The lowest BCUT2D eigenvalue weighted by Crippen LogP contribution is -2.55. The molecule has 250 valence electrons. The molecule has 0 spiro atoms. The Morgan fingerprint density at radius 2 is 2.00 bits per heavy atom. The standard InChI is InChI=1S/C36H35F2N9O2/c1-22-8-11-30-28(19-41-44-30)31(22)26-9-10-27-33(32(26)38)42-36(49-21-25-7-5-15-45(25)2)43-34(27)46-16-17-47(24(20-46)12-13-39)35(48)29(37)18-23-6-3-4-14-40-23/h3-4,6,8-11,14,18-19,24-25H,5,7,12,15-17,20-21H2,1-2H3,(H,41,44)/b29-18-. The second-order valence-corrected chi connectivity index (χ2v) is 12.5. The number of piperazine rings is 1. The van der Waals surface area contributed by atoms with Gasteiger partial charge in [0.1, 0.15) is 17.9 Å². The Kier molecular flexibility index (Phi) is 8.88. The van der Waals surface area contributed by atoms with E-state index in [2.05, 4.69) is 31.1 Å². The van der Waals surface area contributed by atoms with E-state index in [1.807, 2.05) is 31.0 Å². The summed E-state index contributed by atoms with van der Waals surface area (Å²) in [6, 6.07) is 14.1. The number of benzene rings is 2. The summed E-state index contributed by atoms with van der Waals surface area (Å²) in [6.07, 6.45) is 6.29. The normalized spacial score (nSPS) is 18.7. The number of ether oxygens (including phenoxy) is 1. The van der Waals surface area contributed by atoms with Crippen molar-refractivity contribution in [1.82, 2.24) is 34.9 Å². The van der Waals surface area contributed by atoms with Gasteiger partial charge in [0, 0.05) is 54.3 Å². The van der Waals surface area contributed by atoms with Crippen LogP contribution in [0.15, 0.2) is 60.7 Å². The number of aromatic nitrogens is 5. The smallest absolute Gasteiger partial charge is 0.319 e. The molecule has 7 rings (SSSR count). The summed E-state index contributed by atoms with van der Waals surface area (Å²) in [5, 5.41) is 18.1. The molecule has 2 aromatic carbocycles. The summed E-state index contributed by atoms with van der Waals surface area (Å²) >= 11 is 0. The first-order valence-corrected chi connectivity index (χ1v) is 16.3. The molecule has 1 amide bonds. The number of fused-ring (bicyclic) bond motifs is 2. The van der Waals surface area contributed by atoms with Crippen molar-refractivity contribution >= 4 is 39.6 Å². The van der Waals surface area contributed by atoms with Crippen LogP contribution in [0.3, 0.4) is 0 Å². The van der Waals surface area contributed by atoms with Crippen LogP contribution in [-0.2, 0) is 4.79 Å². The maximum Gasteiger partial charge on any atom is 0.319 e. The predicted octanol–water partition coefficient (Wildman–Crippen LogP) is 5.43. The van der Waals surface area contributed by atoms with Gasteiger partial charge in [0.15, 0.2) is 11.6 Å². The topological polar surface area (TPSA) is 127 Å². The van der Waals surface area contributed by atoms with Crippen molar-refractivity contribution in [2.45, 2.75) is 38.3 Å². The molecule has 0 aliphatic carbocycles. The van der Waals surface area contributed by atoms with Crippen molar-refractivity contribution in [3.8, 4) is 23.2 Å².